The molecule has 1 N–H and O–H groups in total. The monoisotopic (exact) mass is 316 g/mol. The lowest BCUT2D eigenvalue weighted by Crippen LogP contribution is -2.37. The first-order valence-corrected chi connectivity index (χ1v) is 7.77. The van der Waals surface area contributed by atoms with Gasteiger partial charge in [0.2, 0.25) is 0 Å². The predicted octanol–water partition coefficient (Wildman–Crippen LogP) is 2.16. The number of hydrogen-bond donors (Lipinski definition) is 1. The molecule has 1 aromatic heterocycles. The van der Waals surface area contributed by atoms with E-state index in [0.717, 1.165) is 25.9 Å². The number of nitrogens with zero attached hydrogens (tertiary/aromatic N) is 4. The maximum Gasteiger partial charge on any atom is 0.269 e. The lowest BCUT2D eigenvalue weighted by atomic mass is 10.0. The summed E-state index contributed by atoms with van der Waals surface area (Å²) >= 11 is 0. The summed E-state index contributed by atoms with van der Waals surface area (Å²) in [5.74, 6) is 0. The van der Waals surface area contributed by atoms with Gasteiger partial charge in [-0.3, -0.25) is 14.8 Å². The predicted molar refractivity (Wildman–Crippen MR) is 85.0 cm³/mol. The molecule has 1 aliphatic heterocycles. The molecule has 2 aromatic rings. The number of piperidine rings is 1. The highest BCUT2D eigenvalue weighted by atomic mass is 16.6. The maximum atomic E-state index is 10.8. The van der Waals surface area contributed by atoms with E-state index < -0.39 is 11.0 Å². The number of rotatable bonds is 5. The fourth-order valence-corrected chi connectivity index (χ4v) is 3.06. The van der Waals surface area contributed by atoms with Crippen LogP contribution in [-0.4, -0.2) is 44.3 Å². The summed E-state index contributed by atoms with van der Waals surface area (Å²) in [5.41, 5.74) is 0.604. The standard InChI is InChI=1S/C16H20N4O3/c21-16(13-3-1-4-15(11-13)20(22)23)12-18-9-5-14(6-10-18)19-8-2-7-17-19/h1-4,7-8,11,14,16,21H,5-6,9-10,12H2. The second-order valence-electron chi connectivity index (χ2n) is 5.89. The van der Waals surface area contributed by atoms with Crippen LogP contribution >= 0.6 is 0 Å². The highest BCUT2D eigenvalue weighted by molar-refractivity contribution is 5.35. The highest BCUT2D eigenvalue weighted by Gasteiger charge is 2.23. The first-order valence-electron chi connectivity index (χ1n) is 7.77. The van der Waals surface area contributed by atoms with E-state index in [1.807, 2.05) is 16.9 Å². The van der Waals surface area contributed by atoms with Gasteiger partial charge >= 0.3 is 0 Å². The lowest BCUT2D eigenvalue weighted by Gasteiger charge is -2.33. The van der Waals surface area contributed by atoms with Crippen molar-refractivity contribution >= 4 is 5.69 Å². The molecule has 7 heteroatoms. The van der Waals surface area contributed by atoms with Crippen molar-refractivity contribution in [1.82, 2.24) is 14.7 Å². The molecule has 1 fully saturated rings. The van der Waals surface area contributed by atoms with Crippen LogP contribution in [0.2, 0.25) is 0 Å². The molecule has 1 aromatic carbocycles. The van der Waals surface area contributed by atoms with E-state index in [4.69, 9.17) is 0 Å². The Labute approximate surface area is 134 Å². The third-order valence-electron chi connectivity index (χ3n) is 4.35. The van der Waals surface area contributed by atoms with E-state index in [0.29, 0.717) is 18.2 Å². The highest BCUT2D eigenvalue weighted by Crippen LogP contribution is 2.25. The molecule has 3 rings (SSSR count). The van der Waals surface area contributed by atoms with Gasteiger partial charge in [0.05, 0.1) is 17.1 Å². The van der Waals surface area contributed by atoms with E-state index in [1.165, 1.54) is 12.1 Å². The third-order valence-corrected chi connectivity index (χ3v) is 4.35. The summed E-state index contributed by atoms with van der Waals surface area (Å²) in [5, 5.41) is 25.5. The number of nitro benzene ring substituents is 1. The van der Waals surface area contributed by atoms with E-state index in [1.54, 1.807) is 18.3 Å². The number of benzene rings is 1. The van der Waals surface area contributed by atoms with Crippen LogP contribution < -0.4 is 0 Å². The van der Waals surface area contributed by atoms with Gasteiger partial charge in [0.15, 0.2) is 0 Å². The minimum atomic E-state index is -0.712. The summed E-state index contributed by atoms with van der Waals surface area (Å²) in [7, 11) is 0. The van der Waals surface area contributed by atoms with Crippen LogP contribution in [0.15, 0.2) is 42.7 Å². The van der Waals surface area contributed by atoms with Crippen molar-refractivity contribution in [2.45, 2.75) is 25.0 Å². The van der Waals surface area contributed by atoms with Gasteiger partial charge in [-0.1, -0.05) is 12.1 Å². The molecular formula is C16H20N4O3. The van der Waals surface area contributed by atoms with Crippen molar-refractivity contribution in [3.8, 4) is 0 Å². The zero-order valence-electron chi connectivity index (χ0n) is 12.8. The second kappa shape index (κ2) is 6.89. The second-order valence-corrected chi connectivity index (χ2v) is 5.89. The Hall–Kier alpha value is -2.25. The van der Waals surface area contributed by atoms with Gasteiger partial charge < -0.3 is 10.0 Å². The van der Waals surface area contributed by atoms with Crippen molar-refractivity contribution < 1.29 is 10.0 Å². The van der Waals surface area contributed by atoms with Gasteiger partial charge in [0, 0.05) is 44.2 Å². The number of aliphatic hydroxyl groups is 1. The number of nitro groups is 1. The normalized spacial score (nSPS) is 18.0. The lowest BCUT2D eigenvalue weighted by molar-refractivity contribution is -0.385. The maximum absolute atomic E-state index is 10.8. The van der Waals surface area contributed by atoms with Crippen LogP contribution in [0, 0.1) is 10.1 Å². The molecule has 1 unspecified atom stereocenters. The molecule has 0 saturated carbocycles. The number of aromatic nitrogens is 2. The van der Waals surface area contributed by atoms with Crippen molar-refractivity contribution in [2.75, 3.05) is 19.6 Å². The molecular weight excluding hydrogens is 296 g/mol. The molecule has 0 bridgehead atoms. The Morgan fingerprint density at radius 3 is 2.78 bits per heavy atom. The van der Waals surface area contributed by atoms with Crippen LogP contribution in [0.4, 0.5) is 5.69 Å². The van der Waals surface area contributed by atoms with E-state index >= 15 is 0 Å². The summed E-state index contributed by atoms with van der Waals surface area (Å²) < 4.78 is 1.99. The molecule has 0 radical (unpaired) electrons. The quantitative estimate of drug-likeness (QED) is 0.675. The molecule has 0 aliphatic carbocycles. The summed E-state index contributed by atoms with van der Waals surface area (Å²) in [6.07, 6.45) is 5.04. The fraction of sp³-hybridized carbons (Fsp3) is 0.438. The largest absolute Gasteiger partial charge is 0.387 e. The van der Waals surface area contributed by atoms with Crippen molar-refractivity contribution in [3.05, 3.63) is 58.4 Å². The van der Waals surface area contributed by atoms with Gasteiger partial charge in [-0.15, -0.1) is 0 Å². The molecule has 0 amide bonds. The Morgan fingerprint density at radius 1 is 1.35 bits per heavy atom. The third kappa shape index (κ3) is 3.75. The number of hydrogen-bond acceptors (Lipinski definition) is 5. The van der Waals surface area contributed by atoms with Gasteiger partial charge in [0.1, 0.15) is 0 Å². The smallest absolute Gasteiger partial charge is 0.269 e. The molecule has 2 heterocycles. The molecule has 0 spiro atoms. The van der Waals surface area contributed by atoms with Crippen LogP contribution in [0.5, 0.6) is 0 Å². The zero-order valence-corrected chi connectivity index (χ0v) is 12.8. The minimum Gasteiger partial charge on any atom is -0.387 e. The summed E-state index contributed by atoms with van der Waals surface area (Å²) in [4.78, 5) is 12.6. The molecule has 122 valence electrons. The average molecular weight is 316 g/mol. The van der Waals surface area contributed by atoms with E-state index in [-0.39, 0.29) is 5.69 Å². The summed E-state index contributed by atoms with van der Waals surface area (Å²) in [6.45, 7) is 2.26. The number of likely N-dealkylation sites (tertiary alicyclic amines) is 1. The molecule has 7 nitrogen and oxygen atoms in total. The van der Waals surface area contributed by atoms with Crippen LogP contribution in [0.1, 0.15) is 30.6 Å². The van der Waals surface area contributed by atoms with Crippen LogP contribution in [-0.2, 0) is 0 Å². The first-order chi connectivity index (χ1) is 11.1. The van der Waals surface area contributed by atoms with E-state index in [2.05, 4.69) is 10.00 Å². The van der Waals surface area contributed by atoms with Crippen molar-refractivity contribution in [2.24, 2.45) is 0 Å². The van der Waals surface area contributed by atoms with Crippen LogP contribution in [0.3, 0.4) is 0 Å². The van der Waals surface area contributed by atoms with Crippen molar-refractivity contribution in [3.63, 3.8) is 0 Å². The molecule has 1 aliphatic rings. The van der Waals surface area contributed by atoms with Gasteiger partial charge in [0.25, 0.3) is 5.69 Å². The SMILES string of the molecule is O=[N+]([O-])c1cccc(C(O)CN2CCC(n3cccn3)CC2)c1. The summed E-state index contributed by atoms with van der Waals surface area (Å²) in [6, 6.07) is 8.57. The van der Waals surface area contributed by atoms with Gasteiger partial charge in [-0.2, -0.15) is 5.10 Å². The number of non-ortho nitro benzene ring substituents is 1. The van der Waals surface area contributed by atoms with Crippen LogP contribution in [0.25, 0.3) is 0 Å². The molecule has 1 atom stereocenters. The zero-order chi connectivity index (χ0) is 16.2. The minimum absolute atomic E-state index is 0.0129. The first kappa shape index (κ1) is 15.6. The number of β-amino-alcohol motifs (C(OH)–C–C–N with tert-alkyl or cyclic N) is 1. The number of aliphatic hydroxyl groups excluding tert-OH is 1. The van der Waals surface area contributed by atoms with Crippen molar-refractivity contribution in [1.29, 1.82) is 0 Å². The molecule has 23 heavy (non-hydrogen) atoms. The average Bonchev–Trinajstić information content (AvgIpc) is 3.10. The Balaban J connectivity index is 1.56. The Morgan fingerprint density at radius 2 is 2.13 bits per heavy atom. The van der Waals surface area contributed by atoms with Gasteiger partial charge in [-0.05, 0) is 24.5 Å². The Bertz CT molecular complexity index is 651. The topological polar surface area (TPSA) is 84.4 Å². The fourth-order valence-electron chi connectivity index (χ4n) is 3.06. The van der Waals surface area contributed by atoms with Gasteiger partial charge in [-0.25, -0.2) is 0 Å². The van der Waals surface area contributed by atoms with E-state index in [9.17, 15) is 15.2 Å². The molecule has 1 saturated heterocycles. The Kier molecular flexibility index (Phi) is 4.68.